The van der Waals surface area contributed by atoms with E-state index in [1.165, 1.54) is 16.1 Å². The number of aryl methyl sites for hydroxylation is 1. The highest BCUT2D eigenvalue weighted by Gasteiger charge is 2.18. The Balaban J connectivity index is 1.73. The first kappa shape index (κ1) is 22.6. The van der Waals surface area contributed by atoms with Crippen LogP contribution in [0.3, 0.4) is 0 Å². The Bertz CT molecular complexity index is 1150. The van der Waals surface area contributed by atoms with E-state index in [-0.39, 0.29) is 12.5 Å². The third kappa shape index (κ3) is 5.95. The van der Waals surface area contributed by atoms with Crippen molar-refractivity contribution in [3.63, 3.8) is 0 Å². The third-order valence-corrected chi connectivity index (χ3v) is 6.21. The molecular weight excluding hydrogens is 408 g/mol. The molecule has 0 aliphatic heterocycles. The zero-order chi connectivity index (χ0) is 22.6. The summed E-state index contributed by atoms with van der Waals surface area (Å²) < 4.78 is 26.1. The smallest absolute Gasteiger partial charge is 0.255 e. The highest BCUT2D eigenvalue weighted by molar-refractivity contribution is 7.92. The van der Waals surface area contributed by atoms with Gasteiger partial charge in [-0.05, 0) is 65.9 Å². The molecule has 5 nitrogen and oxygen atoms in total. The fourth-order valence-electron chi connectivity index (χ4n) is 3.27. The van der Waals surface area contributed by atoms with Crippen LogP contribution in [0.25, 0.3) is 0 Å². The van der Waals surface area contributed by atoms with E-state index in [4.69, 9.17) is 0 Å². The van der Waals surface area contributed by atoms with Crippen LogP contribution in [0.2, 0.25) is 0 Å². The van der Waals surface area contributed by atoms with E-state index in [0.717, 1.165) is 16.8 Å². The van der Waals surface area contributed by atoms with E-state index in [9.17, 15) is 13.2 Å². The number of anilines is 2. The summed E-state index contributed by atoms with van der Waals surface area (Å²) in [6, 6.07) is 22.2. The maximum atomic E-state index is 12.6. The van der Waals surface area contributed by atoms with Crippen LogP contribution < -0.4 is 9.62 Å². The second-order valence-corrected chi connectivity index (χ2v) is 9.94. The molecule has 6 heteroatoms. The highest BCUT2D eigenvalue weighted by atomic mass is 32.2. The molecule has 0 radical (unpaired) electrons. The number of nitrogens with one attached hydrogen (secondary N) is 1. The standard InChI is InChI=1S/C25H28N2O3S/c1-18(2)21-12-14-23(15-13-21)26-25(28)22-10-8-20(9-11-22)17-27(31(4,29)30)24-7-5-6-19(3)16-24/h5-16,18H,17H2,1-4H3,(H,26,28). The van der Waals surface area contributed by atoms with Crippen LogP contribution in [0.15, 0.2) is 72.8 Å². The number of sulfonamides is 1. The molecule has 0 atom stereocenters. The van der Waals surface area contributed by atoms with E-state index in [2.05, 4.69) is 19.2 Å². The first-order chi connectivity index (χ1) is 14.6. The number of carbonyl (C=O) groups excluding carboxylic acids is 1. The number of rotatable bonds is 7. The van der Waals surface area contributed by atoms with Gasteiger partial charge in [-0.1, -0.05) is 50.2 Å². The fourth-order valence-corrected chi connectivity index (χ4v) is 4.15. The Labute approximate surface area is 184 Å². The maximum Gasteiger partial charge on any atom is 0.255 e. The minimum absolute atomic E-state index is 0.195. The van der Waals surface area contributed by atoms with Crippen molar-refractivity contribution in [1.82, 2.24) is 0 Å². The van der Waals surface area contributed by atoms with E-state index in [1.807, 2.05) is 49.4 Å². The van der Waals surface area contributed by atoms with Crippen LogP contribution >= 0.6 is 0 Å². The van der Waals surface area contributed by atoms with Gasteiger partial charge in [-0.3, -0.25) is 9.10 Å². The summed E-state index contributed by atoms with van der Waals surface area (Å²) in [5.41, 5.74) is 4.87. The molecule has 0 aliphatic rings. The molecular formula is C25H28N2O3S. The van der Waals surface area contributed by atoms with Crippen LogP contribution in [-0.2, 0) is 16.6 Å². The summed E-state index contributed by atoms with van der Waals surface area (Å²) in [6.07, 6.45) is 1.20. The molecule has 0 fully saturated rings. The number of hydrogen-bond donors (Lipinski definition) is 1. The zero-order valence-corrected chi connectivity index (χ0v) is 19.1. The molecule has 1 N–H and O–H groups in total. The maximum absolute atomic E-state index is 12.6. The number of amides is 1. The average Bonchev–Trinajstić information content (AvgIpc) is 2.72. The van der Waals surface area contributed by atoms with Gasteiger partial charge in [-0.2, -0.15) is 0 Å². The second-order valence-electron chi connectivity index (χ2n) is 8.04. The lowest BCUT2D eigenvalue weighted by Crippen LogP contribution is -2.29. The van der Waals surface area contributed by atoms with Crippen molar-refractivity contribution in [3.05, 3.63) is 95.1 Å². The predicted octanol–water partition coefficient (Wildman–Crippen LogP) is 5.34. The minimum atomic E-state index is -3.46. The number of carbonyl (C=O) groups is 1. The van der Waals surface area contributed by atoms with Crippen molar-refractivity contribution in [1.29, 1.82) is 0 Å². The van der Waals surface area contributed by atoms with Gasteiger partial charge in [0.2, 0.25) is 10.0 Å². The normalized spacial score (nSPS) is 11.4. The fraction of sp³-hybridized carbons (Fsp3) is 0.240. The number of hydrogen-bond acceptors (Lipinski definition) is 3. The Kier molecular flexibility index (Phi) is 6.81. The van der Waals surface area contributed by atoms with Gasteiger partial charge in [-0.15, -0.1) is 0 Å². The van der Waals surface area contributed by atoms with Crippen molar-refractivity contribution < 1.29 is 13.2 Å². The van der Waals surface area contributed by atoms with Crippen LogP contribution in [0, 0.1) is 6.92 Å². The summed E-state index contributed by atoms with van der Waals surface area (Å²) in [6.45, 7) is 6.37. The van der Waals surface area contributed by atoms with Gasteiger partial charge in [0.05, 0.1) is 18.5 Å². The molecule has 0 saturated carbocycles. The van der Waals surface area contributed by atoms with Gasteiger partial charge in [-0.25, -0.2) is 8.42 Å². The summed E-state index contributed by atoms with van der Waals surface area (Å²) in [5.74, 6) is 0.228. The molecule has 0 heterocycles. The van der Waals surface area contributed by atoms with Crippen LogP contribution in [0.1, 0.15) is 46.8 Å². The van der Waals surface area contributed by atoms with Crippen molar-refractivity contribution in [2.24, 2.45) is 0 Å². The molecule has 0 aliphatic carbocycles. The predicted molar refractivity (Wildman–Crippen MR) is 127 cm³/mol. The summed E-state index contributed by atoms with van der Waals surface area (Å²) in [4.78, 5) is 12.6. The lowest BCUT2D eigenvalue weighted by atomic mass is 10.0. The topological polar surface area (TPSA) is 66.5 Å². The third-order valence-electron chi connectivity index (χ3n) is 5.07. The molecule has 0 saturated heterocycles. The monoisotopic (exact) mass is 436 g/mol. The van der Waals surface area contributed by atoms with Gasteiger partial charge in [0.25, 0.3) is 5.91 Å². The van der Waals surface area contributed by atoms with Crippen molar-refractivity contribution in [2.75, 3.05) is 15.9 Å². The average molecular weight is 437 g/mol. The minimum Gasteiger partial charge on any atom is -0.322 e. The molecule has 0 aromatic heterocycles. The molecule has 1 amide bonds. The molecule has 162 valence electrons. The molecule has 3 aromatic carbocycles. The quantitative estimate of drug-likeness (QED) is 0.544. The lowest BCUT2D eigenvalue weighted by Gasteiger charge is -2.23. The van der Waals surface area contributed by atoms with Gasteiger partial charge in [0.15, 0.2) is 0 Å². The van der Waals surface area contributed by atoms with Crippen LogP contribution in [0.5, 0.6) is 0 Å². The largest absolute Gasteiger partial charge is 0.322 e. The highest BCUT2D eigenvalue weighted by Crippen LogP contribution is 2.22. The molecule has 31 heavy (non-hydrogen) atoms. The summed E-state index contributed by atoms with van der Waals surface area (Å²) in [5, 5.41) is 2.90. The van der Waals surface area contributed by atoms with E-state index >= 15 is 0 Å². The van der Waals surface area contributed by atoms with Crippen molar-refractivity contribution in [3.8, 4) is 0 Å². The Morgan fingerprint density at radius 1 is 0.968 bits per heavy atom. The Morgan fingerprint density at radius 2 is 1.61 bits per heavy atom. The molecule has 0 spiro atoms. The molecule has 0 unspecified atom stereocenters. The first-order valence-corrected chi connectivity index (χ1v) is 12.0. The Morgan fingerprint density at radius 3 is 2.16 bits per heavy atom. The van der Waals surface area contributed by atoms with Crippen molar-refractivity contribution in [2.45, 2.75) is 33.2 Å². The summed E-state index contributed by atoms with van der Waals surface area (Å²) >= 11 is 0. The van der Waals surface area contributed by atoms with Crippen LogP contribution in [-0.4, -0.2) is 20.6 Å². The zero-order valence-electron chi connectivity index (χ0n) is 18.3. The van der Waals surface area contributed by atoms with E-state index in [1.54, 1.807) is 30.3 Å². The van der Waals surface area contributed by atoms with Gasteiger partial charge in [0, 0.05) is 11.3 Å². The molecule has 3 aromatic rings. The van der Waals surface area contributed by atoms with E-state index in [0.29, 0.717) is 17.2 Å². The molecule has 3 rings (SSSR count). The van der Waals surface area contributed by atoms with Crippen molar-refractivity contribution >= 4 is 27.3 Å². The lowest BCUT2D eigenvalue weighted by molar-refractivity contribution is 0.102. The summed E-state index contributed by atoms with van der Waals surface area (Å²) in [7, 11) is -3.46. The number of nitrogens with zero attached hydrogens (tertiary/aromatic N) is 1. The van der Waals surface area contributed by atoms with E-state index < -0.39 is 10.0 Å². The number of benzene rings is 3. The molecule has 0 bridgehead atoms. The first-order valence-electron chi connectivity index (χ1n) is 10.2. The van der Waals surface area contributed by atoms with Gasteiger partial charge < -0.3 is 5.32 Å². The second kappa shape index (κ2) is 9.35. The van der Waals surface area contributed by atoms with Gasteiger partial charge >= 0.3 is 0 Å². The van der Waals surface area contributed by atoms with Crippen LogP contribution in [0.4, 0.5) is 11.4 Å². The Hall–Kier alpha value is -3.12. The SMILES string of the molecule is Cc1cccc(N(Cc2ccc(C(=O)Nc3ccc(C(C)C)cc3)cc2)S(C)(=O)=O)c1. The van der Waals surface area contributed by atoms with Gasteiger partial charge in [0.1, 0.15) is 0 Å².